The number of nitrogens with zero attached hydrogens (tertiary/aromatic N) is 2. The number of phenolic OH excluding ortho intramolecular Hbond substituents is 1. The van der Waals surface area contributed by atoms with Gasteiger partial charge in [0.15, 0.2) is 0 Å². The summed E-state index contributed by atoms with van der Waals surface area (Å²) in [4.78, 5) is 16.9. The molecule has 5 heteroatoms. The van der Waals surface area contributed by atoms with E-state index in [0.29, 0.717) is 11.1 Å². The highest BCUT2D eigenvalue weighted by Crippen LogP contribution is 2.28. The Morgan fingerprint density at radius 1 is 1.24 bits per heavy atom. The number of benzene rings is 1. The molecule has 0 aliphatic heterocycles. The van der Waals surface area contributed by atoms with Crippen molar-refractivity contribution in [3.05, 3.63) is 34.9 Å². The minimum atomic E-state index is 0.0329. The van der Waals surface area contributed by atoms with Crippen molar-refractivity contribution in [2.75, 3.05) is 27.2 Å². The van der Waals surface area contributed by atoms with Gasteiger partial charge in [-0.15, -0.1) is 0 Å². The van der Waals surface area contributed by atoms with Crippen molar-refractivity contribution in [2.45, 2.75) is 38.6 Å². The lowest BCUT2D eigenvalue weighted by molar-refractivity contribution is -0.129. The zero-order chi connectivity index (χ0) is 18.4. The van der Waals surface area contributed by atoms with Crippen molar-refractivity contribution < 1.29 is 9.90 Å². The van der Waals surface area contributed by atoms with Crippen LogP contribution in [0.5, 0.6) is 5.75 Å². The Hall–Kier alpha value is -1.52. The van der Waals surface area contributed by atoms with Crippen LogP contribution in [0.3, 0.4) is 0 Å². The van der Waals surface area contributed by atoms with Crippen LogP contribution in [0.4, 0.5) is 0 Å². The number of amides is 1. The first-order chi connectivity index (χ1) is 11.9. The molecule has 1 saturated carbocycles. The summed E-state index contributed by atoms with van der Waals surface area (Å²) >= 11 is 6.12. The van der Waals surface area contributed by atoms with E-state index in [1.54, 1.807) is 24.3 Å². The summed E-state index contributed by atoms with van der Waals surface area (Å²) in [6, 6.07) is 5.09. The van der Waals surface area contributed by atoms with Gasteiger partial charge in [0.05, 0.1) is 5.02 Å². The molecule has 138 valence electrons. The highest BCUT2D eigenvalue weighted by Gasteiger charge is 2.26. The van der Waals surface area contributed by atoms with Gasteiger partial charge in [-0.25, -0.2) is 0 Å². The molecule has 2 rings (SSSR count). The summed E-state index contributed by atoms with van der Waals surface area (Å²) in [7, 11) is 4.05. The van der Waals surface area contributed by atoms with E-state index < -0.39 is 0 Å². The zero-order valence-electron chi connectivity index (χ0n) is 15.4. The van der Waals surface area contributed by atoms with Crippen LogP contribution in [0.25, 0.3) is 6.08 Å². The number of aromatic hydroxyl groups is 1. The Morgan fingerprint density at radius 3 is 2.52 bits per heavy atom. The van der Waals surface area contributed by atoms with Gasteiger partial charge in [0.1, 0.15) is 5.75 Å². The van der Waals surface area contributed by atoms with Crippen molar-refractivity contribution in [3.63, 3.8) is 0 Å². The number of carbonyl (C=O) groups is 1. The highest BCUT2D eigenvalue weighted by atomic mass is 35.5. The molecular formula is C20H29ClN2O2. The first-order valence-corrected chi connectivity index (χ1v) is 9.36. The van der Waals surface area contributed by atoms with Crippen LogP contribution in [0.15, 0.2) is 24.3 Å². The van der Waals surface area contributed by atoms with Crippen molar-refractivity contribution in [3.8, 4) is 5.75 Å². The predicted octanol–water partition coefficient (Wildman–Crippen LogP) is 4.03. The summed E-state index contributed by atoms with van der Waals surface area (Å²) < 4.78 is 0. The lowest BCUT2D eigenvalue weighted by Gasteiger charge is -2.36. The highest BCUT2D eigenvalue weighted by molar-refractivity contribution is 6.32. The Labute approximate surface area is 156 Å². The minimum Gasteiger partial charge on any atom is -0.508 e. The Balaban J connectivity index is 2.09. The molecular weight excluding hydrogens is 336 g/mol. The average Bonchev–Trinajstić information content (AvgIpc) is 2.55. The molecule has 1 aromatic rings. The summed E-state index contributed by atoms with van der Waals surface area (Å²) in [5.74, 6) is 0.913. The summed E-state index contributed by atoms with van der Waals surface area (Å²) in [5.41, 5.74) is 0.734. The van der Waals surface area contributed by atoms with Crippen LogP contribution in [0, 0.1) is 5.92 Å². The topological polar surface area (TPSA) is 43.8 Å². The van der Waals surface area contributed by atoms with Crippen molar-refractivity contribution >= 4 is 23.6 Å². The van der Waals surface area contributed by atoms with E-state index in [0.717, 1.165) is 37.4 Å². The molecule has 0 saturated heterocycles. The summed E-state index contributed by atoms with van der Waals surface area (Å²) in [6.45, 7) is 3.87. The van der Waals surface area contributed by atoms with Crippen LogP contribution in [-0.2, 0) is 4.79 Å². The molecule has 0 heterocycles. The molecule has 0 atom stereocenters. The summed E-state index contributed by atoms with van der Waals surface area (Å²) in [5, 5.41) is 9.87. The first kappa shape index (κ1) is 19.8. The molecule has 0 radical (unpaired) electrons. The van der Waals surface area contributed by atoms with Gasteiger partial charge in [-0.3, -0.25) is 4.79 Å². The van der Waals surface area contributed by atoms with E-state index >= 15 is 0 Å². The minimum absolute atomic E-state index is 0.0329. The Kier molecular flexibility index (Phi) is 7.33. The molecule has 0 aromatic heterocycles. The number of likely N-dealkylation sites (N-methyl/N-ethyl adjacent to an activating group) is 1. The number of halogens is 1. The number of hydrogen-bond acceptors (Lipinski definition) is 3. The van der Waals surface area contributed by atoms with E-state index in [1.807, 2.05) is 19.0 Å². The van der Waals surface area contributed by atoms with Gasteiger partial charge in [0.25, 0.3) is 0 Å². The number of hydrogen-bond donors (Lipinski definition) is 1. The van der Waals surface area contributed by atoms with E-state index in [-0.39, 0.29) is 11.7 Å². The Morgan fingerprint density at radius 2 is 1.92 bits per heavy atom. The van der Waals surface area contributed by atoms with Gasteiger partial charge in [0.2, 0.25) is 5.91 Å². The fraction of sp³-hybridized carbons (Fsp3) is 0.550. The second-order valence-electron chi connectivity index (χ2n) is 7.29. The van der Waals surface area contributed by atoms with Crippen LogP contribution in [0.2, 0.25) is 5.02 Å². The molecule has 0 unspecified atom stereocenters. The molecule has 1 N–H and O–H groups in total. The monoisotopic (exact) mass is 364 g/mol. The van der Waals surface area contributed by atoms with Crippen LogP contribution in [0.1, 0.15) is 38.2 Å². The van der Waals surface area contributed by atoms with Crippen LogP contribution >= 0.6 is 11.6 Å². The third-order valence-corrected chi connectivity index (χ3v) is 5.21. The first-order valence-electron chi connectivity index (χ1n) is 8.98. The largest absolute Gasteiger partial charge is 0.508 e. The third-order valence-electron chi connectivity index (χ3n) is 4.89. The quantitative estimate of drug-likeness (QED) is 0.775. The van der Waals surface area contributed by atoms with Gasteiger partial charge in [0, 0.05) is 25.2 Å². The molecule has 1 fully saturated rings. The number of phenols is 1. The van der Waals surface area contributed by atoms with Gasteiger partial charge < -0.3 is 14.9 Å². The normalized spacial score (nSPS) is 21.0. The van der Waals surface area contributed by atoms with Crippen molar-refractivity contribution in [2.24, 2.45) is 5.92 Å². The van der Waals surface area contributed by atoms with E-state index in [1.165, 1.54) is 18.9 Å². The standard InChI is InChI=1S/C20H29ClN2O2/c1-15-4-8-17(9-5-15)23(13-12-22(2)3)20(25)11-7-16-6-10-18(24)14-19(16)21/h6-7,10-11,14-15,17,24H,4-5,8-9,12-13H2,1-3H3/b11-7+. The smallest absolute Gasteiger partial charge is 0.246 e. The van der Waals surface area contributed by atoms with E-state index in [2.05, 4.69) is 11.8 Å². The van der Waals surface area contributed by atoms with Gasteiger partial charge >= 0.3 is 0 Å². The van der Waals surface area contributed by atoms with Gasteiger partial charge in [-0.2, -0.15) is 0 Å². The predicted molar refractivity (Wildman–Crippen MR) is 104 cm³/mol. The Bertz CT molecular complexity index is 608. The van der Waals surface area contributed by atoms with Crippen molar-refractivity contribution in [1.29, 1.82) is 0 Å². The second-order valence-corrected chi connectivity index (χ2v) is 7.69. The number of carbonyl (C=O) groups excluding carboxylic acids is 1. The SMILES string of the molecule is CC1CCC(N(CCN(C)C)C(=O)/C=C/c2ccc(O)cc2Cl)CC1. The average molecular weight is 365 g/mol. The molecule has 4 nitrogen and oxygen atoms in total. The van der Waals surface area contributed by atoms with E-state index in [4.69, 9.17) is 11.6 Å². The van der Waals surface area contributed by atoms with Gasteiger partial charge in [-0.1, -0.05) is 18.5 Å². The van der Waals surface area contributed by atoms with E-state index in [9.17, 15) is 9.90 Å². The zero-order valence-corrected chi connectivity index (χ0v) is 16.2. The molecule has 1 aromatic carbocycles. The maximum atomic E-state index is 12.8. The molecule has 25 heavy (non-hydrogen) atoms. The second kappa shape index (κ2) is 9.25. The van der Waals surface area contributed by atoms with Crippen LogP contribution < -0.4 is 0 Å². The molecule has 0 spiro atoms. The fourth-order valence-corrected chi connectivity index (χ4v) is 3.48. The molecule has 1 amide bonds. The lowest BCUT2D eigenvalue weighted by atomic mass is 9.86. The van der Waals surface area contributed by atoms with Crippen LogP contribution in [-0.4, -0.2) is 54.0 Å². The molecule has 1 aliphatic rings. The fourth-order valence-electron chi connectivity index (χ4n) is 3.24. The maximum absolute atomic E-state index is 12.8. The molecule has 0 bridgehead atoms. The molecule has 1 aliphatic carbocycles. The van der Waals surface area contributed by atoms with Gasteiger partial charge in [-0.05, 0) is 75.5 Å². The third kappa shape index (κ3) is 6.05. The maximum Gasteiger partial charge on any atom is 0.246 e. The summed E-state index contributed by atoms with van der Waals surface area (Å²) in [6.07, 6.45) is 7.86. The van der Waals surface area contributed by atoms with Crippen molar-refractivity contribution in [1.82, 2.24) is 9.80 Å². The lowest BCUT2D eigenvalue weighted by Crippen LogP contribution is -2.44. The number of rotatable bonds is 6.